The van der Waals surface area contributed by atoms with E-state index in [0.29, 0.717) is 0 Å². The molecule has 0 radical (unpaired) electrons. The van der Waals surface area contributed by atoms with E-state index in [1.165, 1.54) is 38.3 Å². The monoisotopic (exact) mass is 701 g/mol. The van der Waals surface area contributed by atoms with Crippen molar-refractivity contribution < 1.29 is 0 Å². The largest absolute Gasteiger partial charge is 0.310 e. The molecule has 0 saturated heterocycles. The van der Waals surface area contributed by atoms with Gasteiger partial charge in [0.25, 0.3) is 0 Å². The fourth-order valence-corrected chi connectivity index (χ4v) is 8.53. The number of nitrogens with zero attached hydrogens (tertiary/aromatic N) is 3. The summed E-state index contributed by atoms with van der Waals surface area (Å²) in [5.74, 6) is 0. The van der Waals surface area contributed by atoms with Crippen molar-refractivity contribution in [3.63, 3.8) is 0 Å². The van der Waals surface area contributed by atoms with E-state index in [0.717, 1.165) is 56.4 Å². The van der Waals surface area contributed by atoms with Gasteiger partial charge in [0.2, 0.25) is 0 Å². The molecule has 3 nitrogen and oxygen atoms in total. The zero-order chi connectivity index (χ0) is 36.3. The zero-order valence-corrected chi connectivity index (χ0v) is 30.0. The lowest BCUT2D eigenvalue weighted by Gasteiger charge is -2.28. The van der Waals surface area contributed by atoms with Crippen LogP contribution in [0.15, 0.2) is 212 Å². The molecule has 1 aliphatic rings. The number of anilines is 6. The van der Waals surface area contributed by atoms with E-state index < -0.39 is 0 Å². The molecule has 55 heavy (non-hydrogen) atoms. The third-order valence-corrected chi connectivity index (χ3v) is 11.0. The molecule has 11 rings (SSSR count). The topological polar surface area (TPSA) is 11.4 Å². The minimum atomic E-state index is 1.09. The second-order valence-corrected chi connectivity index (χ2v) is 14.3. The maximum atomic E-state index is 2.45. The summed E-state index contributed by atoms with van der Waals surface area (Å²) in [5, 5.41) is 4.93. The molecular formula is C52H35N3. The van der Waals surface area contributed by atoms with Crippen molar-refractivity contribution in [3.05, 3.63) is 212 Å². The van der Waals surface area contributed by atoms with E-state index >= 15 is 0 Å². The lowest BCUT2D eigenvalue weighted by Crippen LogP contribution is -2.11. The first-order valence-electron chi connectivity index (χ1n) is 18.8. The Hall–Kier alpha value is -7.36. The van der Waals surface area contributed by atoms with E-state index in [-0.39, 0.29) is 0 Å². The van der Waals surface area contributed by atoms with Crippen LogP contribution in [-0.2, 0) is 0 Å². The van der Waals surface area contributed by atoms with Gasteiger partial charge in [-0.1, -0.05) is 127 Å². The Labute approximate surface area is 320 Å². The number of para-hydroxylation sites is 2. The van der Waals surface area contributed by atoms with E-state index in [2.05, 4.69) is 227 Å². The lowest BCUT2D eigenvalue weighted by molar-refractivity contribution is 1.19. The molecule has 10 aromatic rings. The molecule has 8 bridgehead atoms. The van der Waals surface area contributed by atoms with Crippen molar-refractivity contribution in [2.45, 2.75) is 0 Å². The third kappa shape index (κ3) is 5.20. The number of fused-ring (bicyclic) bond motifs is 14. The van der Waals surface area contributed by atoms with Gasteiger partial charge in [-0.25, -0.2) is 0 Å². The molecule has 1 aliphatic heterocycles. The van der Waals surface area contributed by atoms with Crippen LogP contribution < -0.4 is 9.80 Å². The van der Waals surface area contributed by atoms with Gasteiger partial charge >= 0.3 is 0 Å². The maximum absolute atomic E-state index is 2.45. The number of benzene rings is 9. The number of aromatic nitrogens is 1. The Morgan fingerprint density at radius 3 is 1.31 bits per heavy atom. The van der Waals surface area contributed by atoms with Gasteiger partial charge in [-0.05, 0) is 113 Å². The summed E-state index contributed by atoms with van der Waals surface area (Å²) >= 11 is 0. The molecule has 1 aromatic heterocycles. The van der Waals surface area contributed by atoms with Crippen LogP contribution in [0.2, 0.25) is 0 Å². The zero-order valence-electron chi connectivity index (χ0n) is 30.0. The van der Waals surface area contributed by atoms with E-state index in [9.17, 15) is 0 Å². The van der Waals surface area contributed by atoms with Crippen LogP contribution in [0.4, 0.5) is 34.1 Å². The second-order valence-electron chi connectivity index (χ2n) is 14.3. The van der Waals surface area contributed by atoms with Crippen LogP contribution in [0.3, 0.4) is 0 Å². The summed E-state index contributed by atoms with van der Waals surface area (Å²) in [7, 11) is 0. The predicted octanol–water partition coefficient (Wildman–Crippen LogP) is 14.5. The normalized spacial score (nSPS) is 12.3. The molecule has 3 heteroatoms. The molecule has 0 saturated carbocycles. The van der Waals surface area contributed by atoms with Crippen LogP contribution >= 0.6 is 0 Å². The summed E-state index contributed by atoms with van der Waals surface area (Å²) in [6.45, 7) is 0. The average molecular weight is 702 g/mol. The second kappa shape index (κ2) is 12.6. The Morgan fingerprint density at radius 1 is 0.255 bits per heavy atom. The molecular weight excluding hydrogens is 667 g/mol. The molecule has 0 aliphatic carbocycles. The molecule has 0 unspecified atom stereocenters. The Balaban J connectivity index is 1.17. The first-order chi connectivity index (χ1) is 27.3. The highest BCUT2D eigenvalue weighted by atomic mass is 15.2. The fraction of sp³-hybridized carbons (Fsp3) is 0. The Kier molecular flexibility index (Phi) is 7.17. The van der Waals surface area contributed by atoms with Crippen LogP contribution in [0.5, 0.6) is 0 Å². The molecule has 9 aromatic carbocycles. The summed E-state index contributed by atoms with van der Waals surface area (Å²) in [5.41, 5.74) is 14.8. The van der Waals surface area contributed by atoms with Crippen LogP contribution in [0.1, 0.15) is 0 Å². The summed E-state index contributed by atoms with van der Waals surface area (Å²) in [4.78, 5) is 4.76. The first kappa shape index (κ1) is 31.2. The molecule has 0 N–H and O–H groups in total. The minimum absolute atomic E-state index is 1.09. The Morgan fingerprint density at radius 2 is 0.691 bits per heavy atom. The molecule has 2 heterocycles. The van der Waals surface area contributed by atoms with Crippen LogP contribution in [-0.4, -0.2) is 4.57 Å². The van der Waals surface area contributed by atoms with Crippen LogP contribution in [0.25, 0.3) is 60.5 Å². The van der Waals surface area contributed by atoms with Gasteiger partial charge in [0.1, 0.15) is 0 Å². The van der Waals surface area contributed by atoms with E-state index in [1.54, 1.807) is 0 Å². The maximum Gasteiger partial charge on any atom is 0.0562 e. The summed E-state index contributed by atoms with van der Waals surface area (Å²) < 4.78 is 2.45. The van der Waals surface area contributed by atoms with Crippen molar-refractivity contribution in [1.29, 1.82) is 0 Å². The highest BCUT2D eigenvalue weighted by Gasteiger charge is 2.21. The van der Waals surface area contributed by atoms with Gasteiger partial charge in [0.15, 0.2) is 0 Å². The number of hydrogen-bond acceptors (Lipinski definition) is 2. The SMILES string of the molecule is c1ccc(N2c3cccc(c3)-c3cccc(c3)N(c3ccc4c5ccccc5n(-c5cccc6ccccc56)c4c3)c3cccc(c3)-c3cccc2c3)cc1. The summed E-state index contributed by atoms with van der Waals surface area (Å²) in [6.07, 6.45) is 0. The van der Waals surface area contributed by atoms with Gasteiger partial charge < -0.3 is 14.4 Å². The predicted molar refractivity (Wildman–Crippen MR) is 232 cm³/mol. The highest BCUT2D eigenvalue weighted by molar-refractivity contribution is 6.11. The number of hydrogen-bond donors (Lipinski definition) is 0. The summed E-state index contributed by atoms with van der Waals surface area (Å²) in [6, 6.07) is 77.4. The molecule has 0 amide bonds. The van der Waals surface area contributed by atoms with Crippen LogP contribution in [0, 0.1) is 0 Å². The van der Waals surface area contributed by atoms with Gasteiger partial charge in [-0.2, -0.15) is 0 Å². The van der Waals surface area contributed by atoms with Gasteiger partial charge in [0.05, 0.1) is 16.7 Å². The smallest absolute Gasteiger partial charge is 0.0562 e. The van der Waals surface area contributed by atoms with Crippen molar-refractivity contribution >= 4 is 66.7 Å². The highest BCUT2D eigenvalue weighted by Crippen LogP contribution is 2.44. The Bertz CT molecular complexity index is 2970. The number of rotatable bonds is 3. The van der Waals surface area contributed by atoms with Crippen molar-refractivity contribution in [1.82, 2.24) is 4.57 Å². The van der Waals surface area contributed by atoms with Gasteiger partial charge in [-0.15, -0.1) is 0 Å². The van der Waals surface area contributed by atoms with Crippen molar-refractivity contribution in [2.24, 2.45) is 0 Å². The minimum Gasteiger partial charge on any atom is -0.310 e. The molecule has 0 atom stereocenters. The third-order valence-electron chi connectivity index (χ3n) is 11.0. The lowest BCUT2D eigenvalue weighted by atomic mass is 10.00. The van der Waals surface area contributed by atoms with Gasteiger partial charge in [0, 0.05) is 50.3 Å². The molecule has 0 fully saturated rings. The standard InChI is InChI=1S/C52H35N3/c1-2-19-41(20-3-1)53-42-21-8-15-37(31-42)39-17-10-23-44(33-39)54(45-24-11-18-40(34-45)38-16-9-22-43(53)32-38)46-29-30-49-48-26-6-7-27-51(48)55(52(49)35-46)50-28-12-14-36-13-4-5-25-47(36)50/h1-35H. The first-order valence-corrected chi connectivity index (χ1v) is 18.8. The average Bonchev–Trinajstić information content (AvgIpc) is 3.58. The fourth-order valence-electron chi connectivity index (χ4n) is 8.53. The van der Waals surface area contributed by atoms with Crippen molar-refractivity contribution in [3.8, 4) is 27.9 Å². The molecule has 0 spiro atoms. The quantitative estimate of drug-likeness (QED) is 0.182. The van der Waals surface area contributed by atoms with E-state index in [1.807, 2.05) is 0 Å². The molecule has 258 valence electrons. The van der Waals surface area contributed by atoms with E-state index in [4.69, 9.17) is 0 Å². The van der Waals surface area contributed by atoms with Crippen molar-refractivity contribution in [2.75, 3.05) is 9.80 Å². The van der Waals surface area contributed by atoms with Gasteiger partial charge in [-0.3, -0.25) is 0 Å².